The minimum atomic E-state index is 0.468. The summed E-state index contributed by atoms with van der Waals surface area (Å²) in [6.07, 6.45) is 2.76. The third kappa shape index (κ3) is 1.51. The highest BCUT2D eigenvalue weighted by Crippen LogP contribution is 2.09. The van der Waals surface area contributed by atoms with Crippen LogP contribution in [0, 0.1) is 0 Å². The largest absolute Gasteiger partial charge is 0.384 e. The molecule has 0 aliphatic rings. The van der Waals surface area contributed by atoms with Crippen LogP contribution in [-0.2, 0) is 13.1 Å². The molecular weight excluding hydrogens is 140 g/mol. The topological polar surface area (TPSA) is 69.9 Å². The minimum Gasteiger partial charge on any atom is -0.384 e. The molecule has 11 heavy (non-hydrogen) atoms. The molecule has 0 aromatic carbocycles. The second-order valence-electron chi connectivity index (χ2n) is 2.48. The third-order valence-electron chi connectivity index (χ3n) is 1.62. The molecule has 4 N–H and O–H groups in total. The average molecular weight is 154 g/mol. The van der Waals surface area contributed by atoms with Gasteiger partial charge >= 0.3 is 0 Å². The van der Waals surface area contributed by atoms with Gasteiger partial charge in [-0.05, 0) is 6.42 Å². The zero-order valence-electron chi connectivity index (χ0n) is 6.75. The fourth-order valence-corrected chi connectivity index (χ4v) is 0.981. The van der Waals surface area contributed by atoms with Crippen molar-refractivity contribution in [2.24, 2.45) is 5.73 Å². The van der Waals surface area contributed by atoms with Crippen LogP contribution in [0.1, 0.15) is 18.9 Å². The van der Waals surface area contributed by atoms with Crippen LogP contribution in [0.4, 0.5) is 5.82 Å². The van der Waals surface area contributed by atoms with Crippen molar-refractivity contribution in [2.45, 2.75) is 26.4 Å². The molecule has 0 atom stereocenters. The fraction of sp³-hybridized carbons (Fsp3) is 0.571. The summed E-state index contributed by atoms with van der Waals surface area (Å²) in [5.41, 5.74) is 12.1. The Kier molecular flexibility index (Phi) is 2.48. The minimum absolute atomic E-state index is 0.468. The van der Waals surface area contributed by atoms with Gasteiger partial charge in [-0.25, -0.2) is 4.68 Å². The second kappa shape index (κ2) is 3.39. The fourth-order valence-electron chi connectivity index (χ4n) is 0.981. The van der Waals surface area contributed by atoms with Gasteiger partial charge in [0.1, 0.15) is 5.82 Å². The van der Waals surface area contributed by atoms with Crippen molar-refractivity contribution in [1.29, 1.82) is 0 Å². The van der Waals surface area contributed by atoms with E-state index in [0.717, 1.165) is 18.5 Å². The highest BCUT2D eigenvalue weighted by molar-refractivity contribution is 5.38. The highest BCUT2D eigenvalue weighted by Gasteiger charge is 2.03. The Balaban J connectivity index is 2.82. The van der Waals surface area contributed by atoms with Gasteiger partial charge in [-0.2, -0.15) is 5.10 Å². The summed E-state index contributed by atoms with van der Waals surface area (Å²) in [5.74, 6) is 0.703. The molecule has 0 amide bonds. The molecule has 0 fully saturated rings. The SMILES string of the molecule is CCCn1ncc(CN)c1N. The Hall–Kier alpha value is -1.03. The Morgan fingerprint density at radius 3 is 2.82 bits per heavy atom. The molecule has 1 aromatic rings. The predicted octanol–water partition coefficient (Wildman–Crippen LogP) is 0.334. The third-order valence-corrected chi connectivity index (χ3v) is 1.62. The van der Waals surface area contributed by atoms with E-state index in [9.17, 15) is 0 Å². The van der Waals surface area contributed by atoms with Gasteiger partial charge in [0.25, 0.3) is 0 Å². The van der Waals surface area contributed by atoms with Gasteiger partial charge < -0.3 is 11.5 Å². The lowest BCUT2D eigenvalue weighted by Crippen LogP contribution is -2.06. The zero-order chi connectivity index (χ0) is 8.27. The van der Waals surface area contributed by atoms with Crippen molar-refractivity contribution in [1.82, 2.24) is 9.78 Å². The molecule has 0 aliphatic heterocycles. The summed E-state index contributed by atoms with van der Waals surface area (Å²) in [6.45, 7) is 3.42. The van der Waals surface area contributed by atoms with Crippen LogP contribution >= 0.6 is 0 Å². The molecule has 4 nitrogen and oxygen atoms in total. The van der Waals surface area contributed by atoms with Gasteiger partial charge in [-0.1, -0.05) is 6.92 Å². The monoisotopic (exact) mass is 154 g/mol. The molecule has 0 saturated carbocycles. The molecule has 1 aromatic heterocycles. The number of nitrogens with zero attached hydrogens (tertiary/aromatic N) is 2. The first-order valence-electron chi connectivity index (χ1n) is 3.79. The number of anilines is 1. The number of rotatable bonds is 3. The van der Waals surface area contributed by atoms with E-state index in [4.69, 9.17) is 11.5 Å². The van der Waals surface area contributed by atoms with E-state index in [1.807, 2.05) is 0 Å². The summed E-state index contributed by atoms with van der Waals surface area (Å²) in [7, 11) is 0. The first-order chi connectivity index (χ1) is 5.29. The second-order valence-corrected chi connectivity index (χ2v) is 2.48. The highest BCUT2D eigenvalue weighted by atomic mass is 15.3. The summed E-state index contributed by atoms with van der Waals surface area (Å²) in [6, 6.07) is 0. The lowest BCUT2D eigenvalue weighted by molar-refractivity contribution is 0.611. The maximum atomic E-state index is 5.72. The van der Waals surface area contributed by atoms with Crippen LogP contribution in [0.5, 0.6) is 0 Å². The van der Waals surface area contributed by atoms with Gasteiger partial charge in [0.2, 0.25) is 0 Å². The summed E-state index contributed by atoms with van der Waals surface area (Å²) < 4.78 is 1.78. The maximum absolute atomic E-state index is 5.72. The van der Waals surface area contributed by atoms with Crippen molar-refractivity contribution in [2.75, 3.05) is 5.73 Å². The molecule has 62 valence electrons. The van der Waals surface area contributed by atoms with Crippen molar-refractivity contribution in [3.8, 4) is 0 Å². The van der Waals surface area contributed by atoms with Crippen molar-refractivity contribution in [3.05, 3.63) is 11.8 Å². The van der Waals surface area contributed by atoms with Gasteiger partial charge in [-0.3, -0.25) is 0 Å². The molecule has 1 heterocycles. The van der Waals surface area contributed by atoms with Crippen LogP contribution < -0.4 is 11.5 Å². The Morgan fingerprint density at radius 2 is 2.36 bits per heavy atom. The smallest absolute Gasteiger partial charge is 0.126 e. The van der Waals surface area contributed by atoms with E-state index in [1.54, 1.807) is 10.9 Å². The van der Waals surface area contributed by atoms with Crippen molar-refractivity contribution in [3.63, 3.8) is 0 Å². The molecule has 1 rings (SSSR count). The van der Waals surface area contributed by atoms with Crippen molar-refractivity contribution >= 4 is 5.82 Å². The van der Waals surface area contributed by atoms with Gasteiger partial charge in [0.15, 0.2) is 0 Å². The number of aryl methyl sites for hydroxylation is 1. The predicted molar refractivity (Wildman–Crippen MR) is 44.8 cm³/mol. The van der Waals surface area contributed by atoms with E-state index in [2.05, 4.69) is 12.0 Å². The van der Waals surface area contributed by atoms with Crippen LogP contribution in [0.3, 0.4) is 0 Å². The van der Waals surface area contributed by atoms with Crippen LogP contribution in [-0.4, -0.2) is 9.78 Å². The van der Waals surface area contributed by atoms with Gasteiger partial charge in [0.05, 0.1) is 6.20 Å². The van der Waals surface area contributed by atoms with Gasteiger partial charge in [0, 0.05) is 18.7 Å². The molecule has 0 unspecified atom stereocenters. The average Bonchev–Trinajstić information content (AvgIpc) is 2.34. The molecule has 0 radical (unpaired) electrons. The Labute approximate surface area is 66.2 Å². The van der Waals surface area contributed by atoms with E-state index in [1.165, 1.54) is 0 Å². The van der Waals surface area contributed by atoms with Crippen molar-refractivity contribution < 1.29 is 0 Å². The first kappa shape index (κ1) is 8.07. The summed E-state index contributed by atoms with van der Waals surface area (Å²) in [5, 5.41) is 4.09. The molecular formula is C7H14N4. The lowest BCUT2D eigenvalue weighted by Gasteiger charge is -2.01. The van der Waals surface area contributed by atoms with E-state index in [0.29, 0.717) is 12.4 Å². The van der Waals surface area contributed by atoms with Crippen LogP contribution in [0.15, 0.2) is 6.20 Å². The number of hydrogen-bond acceptors (Lipinski definition) is 3. The number of nitrogen functional groups attached to an aromatic ring is 1. The number of aromatic nitrogens is 2. The van der Waals surface area contributed by atoms with E-state index >= 15 is 0 Å². The summed E-state index contributed by atoms with van der Waals surface area (Å²) >= 11 is 0. The standard InChI is InChI=1S/C7H14N4/c1-2-3-11-7(9)6(4-8)5-10-11/h5H,2-4,8-9H2,1H3. The summed E-state index contributed by atoms with van der Waals surface area (Å²) in [4.78, 5) is 0. The number of nitrogens with two attached hydrogens (primary N) is 2. The molecule has 0 aliphatic carbocycles. The quantitative estimate of drug-likeness (QED) is 0.659. The van der Waals surface area contributed by atoms with Crippen LogP contribution in [0.2, 0.25) is 0 Å². The van der Waals surface area contributed by atoms with E-state index in [-0.39, 0.29) is 0 Å². The Morgan fingerprint density at radius 1 is 1.64 bits per heavy atom. The van der Waals surface area contributed by atoms with E-state index < -0.39 is 0 Å². The first-order valence-corrected chi connectivity index (χ1v) is 3.79. The Bertz CT molecular complexity index is 228. The maximum Gasteiger partial charge on any atom is 0.126 e. The number of hydrogen-bond donors (Lipinski definition) is 2. The molecule has 0 spiro atoms. The zero-order valence-corrected chi connectivity index (χ0v) is 6.75. The van der Waals surface area contributed by atoms with Crippen LogP contribution in [0.25, 0.3) is 0 Å². The molecule has 4 heteroatoms. The molecule has 0 bridgehead atoms. The normalized spacial score (nSPS) is 10.4. The lowest BCUT2D eigenvalue weighted by atomic mass is 10.3. The molecule has 0 saturated heterocycles. The van der Waals surface area contributed by atoms with Gasteiger partial charge in [-0.15, -0.1) is 0 Å².